The Hall–Kier alpha value is -4.28. The molecule has 19 heteroatoms. The minimum Gasteiger partial charge on any atom is -0.462 e. The Morgan fingerprint density at radius 1 is 0.279 bits per heavy atom. The second-order valence-electron chi connectivity index (χ2n) is 27.3. The standard InChI is InChI=1S/C85H148O17P2/c1-5-9-13-17-21-25-29-33-37-39-43-45-49-53-57-61-65-69-82(87)95-75-80(101-84(89)71-67-63-59-55-51-47-41-35-31-27-23-19-15-11-7-3)77-99-103(91,92)97-73-79(86)74-98-104(93,94)100-78-81(102-85(90)72-68-64-60-56-52-48-42-36-32-28-24-20-16-12-8-4)76-96-83(88)70-66-62-58-54-50-46-44-40-38-34-30-26-22-18-14-10-6-2/h9-10,13-14,21-22,25-26,33-35,37-38,41,43,45,53,57,79-81,86H,5-8,11-12,15-20,23-24,27-32,36,39-40,42,44,46-52,54-56,58-78H2,1-4H3,(H,91,92)(H,93,94)/b13-9-,14-10-,25-21-,26-22-,37-33-,38-34-,41-35-,45-43-,57-53-. The summed E-state index contributed by atoms with van der Waals surface area (Å²) in [5, 5.41) is 10.7. The van der Waals surface area contributed by atoms with E-state index in [1.54, 1.807) is 0 Å². The third-order valence-corrected chi connectivity index (χ3v) is 19.1. The molecule has 3 N–H and O–H groups in total. The van der Waals surface area contributed by atoms with E-state index >= 15 is 0 Å². The van der Waals surface area contributed by atoms with Crippen LogP contribution in [0.5, 0.6) is 0 Å². The third-order valence-electron chi connectivity index (χ3n) is 17.2. The van der Waals surface area contributed by atoms with Crippen LogP contribution in [0.15, 0.2) is 109 Å². The molecule has 5 unspecified atom stereocenters. The lowest BCUT2D eigenvalue weighted by molar-refractivity contribution is -0.161. The number of ether oxygens (including phenoxy) is 4. The number of esters is 4. The number of phosphoric acid groups is 2. The Morgan fingerprint density at radius 2 is 0.510 bits per heavy atom. The van der Waals surface area contributed by atoms with E-state index in [4.69, 9.17) is 37.0 Å². The number of aliphatic hydroxyl groups excluding tert-OH is 1. The second-order valence-corrected chi connectivity index (χ2v) is 30.2. The molecule has 0 rings (SSSR count). The molecule has 0 radical (unpaired) electrons. The summed E-state index contributed by atoms with van der Waals surface area (Å²) in [5.74, 6) is -2.24. The Labute approximate surface area is 632 Å². The molecule has 0 saturated heterocycles. The molecule has 0 amide bonds. The number of allylic oxidation sites excluding steroid dienone is 18. The third kappa shape index (κ3) is 75.9. The first kappa shape index (κ1) is 99.7. The van der Waals surface area contributed by atoms with Crippen LogP contribution in [0, 0.1) is 0 Å². The number of aliphatic hydroxyl groups is 1. The van der Waals surface area contributed by atoms with E-state index in [0.29, 0.717) is 32.1 Å². The van der Waals surface area contributed by atoms with Gasteiger partial charge in [0.1, 0.15) is 19.3 Å². The van der Waals surface area contributed by atoms with Crippen molar-refractivity contribution in [3.8, 4) is 0 Å². The van der Waals surface area contributed by atoms with Gasteiger partial charge in [-0.25, -0.2) is 9.13 Å². The van der Waals surface area contributed by atoms with Gasteiger partial charge in [0.2, 0.25) is 0 Å². The molecule has 0 aliphatic rings. The molecule has 0 aromatic carbocycles. The number of hydrogen-bond acceptors (Lipinski definition) is 15. The van der Waals surface area contributed by atoms with Crippen LogP contribution in [-0.2, 0) is 65.4 Å². The molecule has 0 aliphatic heterocycles. The number of rotatable bonds is 77. The second kappa shape index (κ2) is 76.9. The number of unbranched alkanes of at least 4 members (excludes halogenated alkanes) is 33. The van der Waals surface area contributed by atoms with Gasteiger partial charge in [0.15, 0.2) is 12.2 Å². The molecule has 600 valence electrons. The van der Waals surface area contributed by atoms with E-state index < -0.39 is 97.5 Å². The van der Waals surface area contributed by atoms with Gasteiger partial charge in [-0.05, 0) is 122 Å². The molecule has 0 fully saturated rings. The van der Waals surface area contributed by atoms with E-state index in [9.17, 15) is 43.2 Å². The maximum Gasteiger partial charge on any atom is 0.472 e. The van der Waals surface area contributed by atoms with Crippen LogP contribution in [0.3, 0.4) is 0 Å². The van der Waals surface area contributed by atoms with Gasteiger partial charge in [-0.3, -0.25) is 37.3 Å². The van der Waals surface area contributed by atoms with Crippen molar-refractivity contribution >= 4 is 39.5 Å². The zero-order valence-corrected chi connectivity index (χ0v) is 67.5. The van der Waals surface area contributed by atoms with Crippen LogP contribution in [0.25, 0.3) is 0 Å². The monoisotopic (exact) mass is 1500 g/mol. The Morgan fingerprint density at radius 3 is 0.817 bits per heavy atom. The van der Waals surface area contributed by atoms with Gasteiger partial charge >= 0.3 is 39.5 Å². The lowest BCUT2D eigenvalue weighted by atomic mass is 10.0. The summed E-state index contributed by atoms with van der Waals surface area (Å²) < 4.78 is 68.6. The van der Waals surface area contributed by atoms with Crippen molar-refractivity contribution in [2.24, 2.45) is 0 Å². The van der Waals surface area contributed by atoms with E-state index in [2.05, 4.69) is 125 Å². The largest absolute Gasteiger partial charge is 0.472 e. The lowest BCUT2D eigenvalue weighted by Crippen LogP contribution is -2.30. The number of carbonyl (C=O) groups excluding carboxylic acids is 4. The van der Waals surface area contributed by atoms with E-state index in [0.717, 1.165) is 161 Å². The number of hydrogen-bond donors (Lipinski definition) is 3. The average molecular weight is 1500 g/mol. The van der Waals surface area contributed by atoms with Gasteiger partial charge in [0.05, 0.1) is 26.4 Å². The average Bonchev–Trinajstić information content (AvgIpc) is 0.937. The van der Waals surface area contributed by atoms with Gasteiger partial charge in [-0.15, -0.1) is 0 Å². The highest BCUT2D eigenvalue weighted by atomic mass is 31.2. The molecule has 0 aromatic rings. The van der Waals surface area contributed by atoms with Gasteiger partial charge in [0, 0.05) is 25.7 Å². The van der Waals surface area contributed by atoms with Gasteiger partial charge in [0.25, 0.3) is 0 Å². The summed E-state index contributed by atoms with van der Waals surface area (Å²) in [5.41, 5.74) is 0. The molecule has 0 bridgehead atoms. The first-order valence-electron chi connectivity index (χ1n) is 41.1. The topological polar surface area (TPSA) is 237 Å². The minimum absolute atomic E-state index is 0.0728. The zero-order chi connectivity index (χ0) is 76.0. The van der Waals surface area contributed by atoms with Crippen LogP contribution in [0.4, 0.5) is 0 Å². The molecular formula is C85H148O17P2. The van der Waals surface area contributed by atoms with Crippen molar-refractivity contribution in [1.82, 2.24) is 0 Å². The first-order chi connectivity index (χ1) is 50.7. The van der Waals surface area contributed by atoms with E-state index in [-0.39, 0.29) is 25.7 Å². The van der Waals surface area contributed by atoms with Crippen LogP contribution in [0.1, 0.15) is 349 Å². The molecule has 17 nitrogen and oxygen atoms in total. The molecule has 0 aliphatic carbocycles. The van der Waals surface area contributed by atoms with Crippen LogP contribution in [-0.4, -0.2) is 96.7 Å². The smallest absolute Gasteiger partial charge is 0.462 e. The van der Waals surface area contributed by atoms with Crippen LogP contribution < -0.4 is 0 Å². The van der Waals surface area contributed by atoms with Crippen molar-refractivity contribution in [3.63, 3.8) is 0 Å². The number of phosphoric ester groups is 2. The molecular weight excluding hydrogens is 1350 g/mol. The molecule has 104 heavy (non-hydrogen) atoms. The van der Waals surface area contributed by atoms with Crippen molar-refractivity contribution < 1.29 is 80.2 Å². The summed E-state index contributed by atoms with van der Waals surface area (Å²) >= 11 is 0. The predicted octanol–water partition coefficient (Wildman–Crippen LogP) is 24.1. The molecule has 0 spiro atoms. The first-order valence-corrected chi connectivity index (χ1v) is 44.1. The number of carbonyl (C=O) groups is 4. The van der Waals surface area contributed by atoms with Crippen molar-refractivity contribution in [1.29, 1.82) is 0 Å². The molecule has 5 atom stereocenters. The SMILES string of the molecule is CC/C=C\C/C=C\C/C=C\C/C=C\C/C=C\CCCC(=O)OCC(COP(=O)(O)OCC(O)COP(=O)(O)OCC(COC(=O)CCCCCCCCC/C=C\C/C=C\C/C=C\CC)OC(=O)CCCCCCCCCCCCCCCCC)OC(=O)CCCCCCC/C=C\CCCCCCCC. The molecule has 0 heterocycles. The van der Waals surface area contributed by atoms with Gasteiger partial charge < -0.3 is 33.8 Å². The fourth-order valence-electron chi connectivity index (χ4n) is 11.0. The fraction of sp³-hybridized carbons (Fsp3) is 0.741. The maximum atomic E-state index is 13.1. The maximum absolute atomic E-state index is 13.1. The summed E-state index contributed by atoms with van der Waals surface area (Å²) in [7, 11) is -9.97. The molecule has 0 saturated carbocycles. The van der Waals surface area contributed by atoms with Crippen molar-refractivity contribution in [3.05, 3.63) is 109 Å². The van der Waals surface area contributed by atoms with E-state index in [1.165, 1.54) is 103 Å². The van der Waals surface area contributed by atoms with Crippen LogP contribution >= 0.6 is 15.6 Å². The Balaban J connectivity index is 5.40. The quantitative estimate of drug-likeness (QED) is 0.0169. The highest BCUT2D eigenvalue weighted by molar-refractivity contribution is 7.47. The van der Waals surface area contributed by atoms with Crippen molar-refractivity contribution in [2.75, 3.05) is 39.6 Å². The summed E-state index contributed by atoms with van der Waals surface area (Å²) in [6, 6.07) is 0. The van der Waals surface area contributed by atoms with Crippen molar-refractivity contribution in [2.45, 2.75) is 367 Å². The Kier molecular flexibility index (Phi) is 73.7. The predicted molar refractivity (Wildman–Crippen MR) is 427 cm³/mol. The summed E-state index contributed by atoms with van der Waals surface area (Å²) in [6.45, 7) is 4.62. The highest BCUT2D eigenvalue weighted by Gasteiger charge is 2.30. The van der Waals surface area contributed by atoms with Gasteiger partial charge in [-0.1, -0.05) is 310 Å². The highest BCUT2D eigenvalue weighted by Crippen LogP contribution is 2.45. The minimum atomic E-state index is -4.99. The van der Waals surface area contributed by atoms with Crippen LogP contribution in [0.2, 0.25) is 0 Å². The summed E-state index contributed by atoms with van der Waals surface area (Å²) in [4.78, 5) is 73.1. The zero-order valence-electron chi connectivity index (χ0n) is 65.7. The van der Waals surface area contributed by atoms with Gasteiger partial charge in [-0.2, -0.15) is 0 Å². The summed E-state index contributed by atoms with van der Waals surface area (Å²) in [6.07, 6.45) is 83.5. The Bertz CT molecular complexity index is 2390. The molecule has 0 aromatic heterocycles. The lowest BCUT2D eigenvalue weighted by Gasteiger charge is -2.21. The normalized spacial score (nSPS) is 14.4. The van der Waals surface area contributed by atoms with E-state index in [1.807, 2.05) is 12.2 Å². The fourth-order valence-corrected chi connectivity index (χ4v) is 12.6.